The van der Waals surface area contributed by atoms with Crippen molar-refractivity contribution in [2.75, 3.05) is 44.9 Å². The number of nitrogens with zero attached hydrogens (tertiary/aromatic N) is 3. The monoisotopic (exact) mass is 530 g/mol. The molecule has 36 heavy (non-hydrogen) atoms. The Bertz CT molecular complexity index is 1380. The van der Waals surface area contributed by atoms with Crippen LogP contribution in [0.25, 0.3) is 0 Å². The molecule has 0 unspecified atom stereocenters. The van der Waals surface area contributed by atoms with E-state index in [-0.39, 0.29) is 33.4 Å². The van der Waals surface area contributed by atoms with E-state index in [1.54, 1.807) is 12.1 Å². The summed E-state index contributed by atoms with van der Waals surface area (Å²) in [6.45, 7) is 1.64. The highest BCUT2D eigenvalue weighted by molar-refractivity contribution is 6.32. The molecule has 1 aliphatic rings. The minimum absolute atomic E-state index is 0.00578. The van der Waals surface area contributed by atoms with Crippen LogP contribution in [0.5, 0.6) is 5.75 Å². The van der Waals surface area contributed by atoms with Gasteiger partial charge in [-0.1, -0.05) is 23.2 Å². The van der Waals surface area contributed by atoms with Crippen molar-refractivity contribution in [1.82, 2.24) is 9.88 Å². The van der Waals surface area contributed by atoms with Gasteiger partial charge < -0.3 is 15.4 Å². The summed E-state index contributed by atoms with van der Waals surface area (Å²) in [6, 6.07) is 10.3. The van der Waals surface area contributed by atoms with Crippen LogP contribution in [-0.4, -0.2) is 66.4 Å². The molecule has 1 aromatic heterocycles. The average Bonchev–Trinajstić information content (AvgIpc) is 3.18. The van der Waals surface area contributed by atoms with E-state index in [2.05, 4.69) is 15.6 Å². The second-order valence-electron chi connectivity index (χ2n) is 8.16. The van der Waals surface area contributed by atoms with Gasteiger partial charge >= 0.3 is 0 Å². The van der Waals surface area contributed by atoms with Crippen molar-refractivity contribution < 1.29 is 23.3 Å². The standard InChI is InChI=1S/C25H22Cl2FN5O3/c1-32-8-9-33(2)25(32)14-4-6-17(19(28)10-14)23(34)31-22-18(11-16(27)12-20(22)36-3)24(35)30-21-7-5-15(26)13-29-21/h4-7,10-13H,8-9H2,1-3H3,(H-,29,30,31,34,35)/p+1. The van der Waals surface area contributed by atoms with Gasteiger partial charge in [0.2, 0.25) is 0 Å². The molecule has 0 radical (unpaired) electrons. The first kappa shape index (κ1) is 25.4. The quantitative estimate of drug-likeness (QED) is 0.462. The number of aromatic nitrogens is 1. The van der Waals surface area contributed by atoms with Crippen molar-refractivity contribution in [3.8, 4) is 5.75 Å². The van der Waals surface area contributed by atoms with Crippen LogP contribution in [0.3, 0.4) is 0 Å². The van der Waals surface area contributed by atoms with Gasteiger partial charge in [0.25, 0.3) is 17.6 Å². The normalized spacial score (nSPS) is 13.1. The minimum Gasteiger partial charge on any atom is -0.494 e. The first-order chi connectivity index (χ1) is 17.2. The Hall–Kier alpha value is -3.69. The van der Waals surface area contributed by atoms with E-state index in [9.17, 15) is 9.59 Å². The van der Waals surface area contributed by atoms with Gasteiger partial charge in [-0.2, -0.15) is 0 Å². The molecule has 1 aliphatic heterocycles. The van der Waals surface area contributed by atoms with Crippen molar-refractivity contribution in [3.05, 3.63) is 81.2 Å². The van der Waals surface area contributed by atoms with E-state index in [0.717, 1.165) is 18.9 Å². The summed E-state index contributed by atoms with van der Waals surface area (Å²) in [7, 11) is 5.22. The highest BCUT2D eigenvalue weighted by atomic mass is 35.5. The fraction of sp³-hybridized carbons (Fsp3) is 0.200. The number of halogens is 3. The maximum absolute atomic E-state index is 15.1. The molecule has 2 aromatic carbocycles. The summed E-state index contributed by atoms with van der Waals surface area (Å²) >= 11 is 12.0. The first-order valence-electron chi connectivity index (χ1n) is 10.9. The first-order valence-corrected chi connectivity index (χ1v) is 11.6. The van der Waals surface area contributed by atoms with Gasteiger partial charge in [-0.05, 0) is 36.4 Å². The number of carbonyl (C=O) groups is 2. The second-order valence-corrected chi connectivity index (χ2v) is 9.03. The van der Waals surface area contributed by atoms with Gasteiger partial charge in [0, 0.05) is 17.3 Å². The molecule has 2 N–H and O–H groups in total. The molecule has 0 saturated heterocycles. The van der Waals surface area contributed by atoms with E-state index in [1.165, 1.54) is 43.6 Å². The Balaban J connectivity index is 1.64. The summed E-state index contributed by atoms with van der Waals surface area (Å²) in [5.41, 5.74) is 0.509. The number of anilines is 2. The van der Waals surface area contributed by atoms with Crippen molar-refractivity contribution in [2.45, 2.75) is 0 Å². The number of methoxy groups -OCH3 is 1. The number of amides is 2. The number of likely N-dealkylation sites (N-methyl/N-ethyl adjacent to an activating group) is 2. The summed E-state index contributed by atoms with van der Waals surface area (Å²) in [6.07, 6.45) is 1.38. The Morgan fingerprint density at radius 1 is 1.06 bits per heavy atom. The number of benzene rings is 2. The van der Waals surface area contributed by atoms with Gasteiger partial charge in [-0.3, -0.25) is 19.1 Å². The number of carbonyl (C=O) groups excluding carboxylic acids is 2. The SMILES string of the molecule is COc1cc(Cl)cc(C(=O)Nc2ccc(Cl)cn2)c1NC(=O)c1ccc(C2=[N+](C)CCN2C)cc1F. The molecule has 0 fully saturated rings. The van der Waals surface area contributed by atoms with Crippen LogP contribution in [0.2, 0.25) is 10.0 Å². The van der Waals surface area contributed by atoms with Gasteiger partial charge in [0.05, 0.1) is 48.6 Å². The van der Waals surface area contributed by atoms with Crippen LogP contribution in [0, 0.1) is 5.82 Å². The third-order valence-corrected chi connectivity index (χ3v) is 6.15. The van der Waals surface area contributed by atoms with Crippen LogP contribution < -0.4 is 15.4 Å². The molecule has 0 bridgehead atoms. The van der Waals surface area contributed by atoms with Crippen molar-refractivity contribution in [2.24, 2.45) is 0 Å². The van der Waals surface area contributed by atoms with Crippen molar-refractivity contribution in [1.29, 1.82) is 0 Å². The van der Waals surface area contributed by atoms with Crippen LogP contribution in [-0.2, 0) is 0 Å². The van der Waals surface area contributed by atoms with Crippen LogP contribution in [0.1, 0.15) is 26.3 Å². The zero-order chi connectivity index (χ0) is 26.0. The van der Waals surface area contributed by atoms with Crippen LogP contribution in [0.4, 0.5) is 15.9 Å². The van der Waals surface area contributed by atoms with E-state index in [1.807, 2.05) is 23.6 Å². The maximum atomic E-state index is 15.1. The van der Waals surface area contributed by atoms with E-state index < -0.39 is 17.6 Å². The van der Waals surface area contributed by atoms with Crippen LogP contribution >= 0.6 is 23.2 Å². The Labute approximate surface area is 217 Å². The van der Waals surface area contributed by atoms with E-state index >= 15 is 4.39 Å². The lowest BCUT2D eigenvalue weighted by molar-refractivity contribution is -0.486. The zero-order valence-electron chi connectivity index (χ0n) is 19.7. The molecule has 8 nitrogen and oxygen atoms in total. The molecule has 0 aliphatic carbocycles. The lowest BCUT2D eigenvalue weighted by atomic mass is 10.1. The largest absolute Gasteiger partial charge is 0.494 e. The minimum atomic E-state index is -0.753. The fourth-order valence-corrected chi connectivity index (χ4v) is 4.27. The number of ether oxygens (including phenoxy) is 1. The van der Waals surface area contributed by atoms with Gasteiger partial charge in [-0.25, -0.2) is 9.37 Å². The number of amidine groups is 1. The smallest absolute Gasteiger partial charge is 0.279 e. The lowest BCUT2D eigenvalue weighted by Gasteiger charge is -2.16. The van der Waals surface area contributed by atoms with Crippen molar-refractivity contribution >= 4 is 52.4 Å². The maximum Gasteiger partial charge on any atom is 0.279 e. The molecular formula is C25H23Cl2FN5O3+. The summed E-state index contributed by atoms with van der Waals surface area (Å²) in [5, 5.41) is 5.83. The molecule has 4 rings (SSSR count). The fourth-order valence-electron chi connectivity index (χ4n) is 3.95. The van der Waals surface area contributed by atoms with E-state index in [0.29, 0.717) is 10.6 Å². The molecule has 0 spiro atoms. The number of hydrogen-bond acceptors (Lipinski definition) is 5. The summed E-state index contributed by atoms with van der Waals surface area (Å²) in [4.78, 5) is 32.2. The topological polar surface area (TPSA) is 86.6 Å². The lowest BCUT2D eigenvalue weighted by Crippen LogP contribution is -2.26. The molecule has 2 amide bonds. The molecule has 3 aromatic rings. The number of nitrogens with one attached hydrogen (secondary N) is 2. The zero-order valence-corrected chi connectivity index (χ0v) is 21.2. The highest BCUT2D eigenvalue weighted by Gasteiger charge is 2.28. The number of pyridine rings is 1. The summed E-state index contributed by atoms with van der Waals surface area (Å²) < 4.78 is 22.4. The number of hydrogen-bond donors (Lipinski definition) is 2. The van der Waals surface area contributed by atoms with Gasteiger partial charge in [0.1, 0.15) is 30.5 Å². The van der Waals surface area contributed by atoms with Gasteiger partial charge in [0.15, 0.2) is 0 Å². The van der Waals surface area contributed by atoms with Gasteiger partial charge in [-0.15, -0.1) is 0 Å². The second kappa shape index (κ2) is 10.5. The molecule has 2 heterocycles. The molecule has 11 heteroatoms. The Morgan fingerprint density at radius 3 is 2.42 bits per heavy atom. The predicted molar refractivity (Wildman–Crippen MR) is 137 cm³/mol. The average molecular weight is 531 g/mol. The molecule has 186 valence electrons. The molecule has 0 atom stereocenters. The Kier molecular flexibility index (Phi) is 7.42. The third kappa shape index (κ3) is 5.27. The van der Waals surface area contributed by atoms with E-state index in [4.69, 9.17) is 27.9 Å². The third-order valence-electron chi connectivity index (χ3n) is 5.70. The van der Waals surface area contributed by atoms with Crippen molar-refractivity contribution in [3.63, 3.8) is 0 Å². The Morgan fingerprint density at radius 2 is 1.81 bits per heavy atom. The van der Waals surface area contributed by atoms with Crippen LogP contribution in [0.15, 0.2) is 48.7 Å². The number of rotatable bonds is 6. The predicted octanol–water partition coefficient (Wildman–Crippen LogP) is 4.38. The molecule has 0 saturated carbocycles. The highest BCUT2D eigenvalue weighted by Crippen LogP contribution is 2.33. The summed E-state index contributed by atoms with van der Waals surface area (Å²) in [5.74, 6) is -0.823. The molecular weight excluding hydrogens is 508 g/mol.